The zero-order valence-corrected chi connectivity index (χ0v) is 8.78. The zero-order chi connectivity index (χ0) is 11.1. The topological polar surface area (TPSA) is 21.3 Å². The fraction of sp³-hybridized carbons (Fsp3) is 1.00. The largest absolute Gasteiger partial charge is 0.522 e. The first kappa shape index (κ1) is 12.8. The lowest BCUT2D eigenvalue weighted by Crippen LogP contribution is -2.25. The molecule has 15 heavy (non-hydrogen) atoms. The molecular formula is C10H18F3NO. The van der Waals surface area contributed by atoms with Gasteiger partial charge in [0.15, 0.2) is 0 Å². The van der Waals surface area contributed by atoms with Gasteiger partial charge in [-0.3, -0.25) is 4.74 Å². The van der Waals surface area contributed by atoms with Gasteiger partial charge in [-0.2, -0.15) is 0 Å². The molecule has 1 fully saturated rings. The third-order valence-corrected chi connectivity index (χ3v) is 2.75. The Bertz CT molecular complexity index is 167. The molecule has 1 N–H and O–H groups in total. The molecule has 0 unspecified atom stereocenters. The van der Waals surface area contributed by atoms with Crippen molar-refractivity contribution in [3.8, 4) is 0 Å². The summed E-state index contributed by atoms with van der Waals surface area (Å²) in [4.78, 5) is 0. The van der Waals surface area contributed by atoms with Gasteiger partial charge in [-0.25, -0.2) is 0 Å². The lowest BCUT2D eigenvalue weighted by molar-refractivity contribution is -0.323. The summed E-state index contributed by atoms with van der Waals surface area (Å²) < 4.78 is 38.3. The van der Waals surface area contributed by atoms with Gasteiger partial charge in [0.2, 0.25) is 0 Å². The predicted octanol–water partition coefficient (Wildman–Crippen LogP) is 2.69. The highest BCUT2D eigenvalue weighted by Crippen LogP contribution is 2.26. The Balaban J connectivity index is 1.84. The van der Waals surface area contributed by atoms with Crippen molar-refractivity contribution in [3.05, 3.63) is 0 Å². The molecular weight excluding hydrogens is 207 g/mol. The molecule has 1 rings (SSSR count). The lowest BCUT2D eigenvalue weighted by Gasteiger charge is -2.10. The van der Waals surface area contributed by atoms with E-state index in [-0.39, 0.29) is 13.2 Å². The van der Waals surface area contributed by atoms with Crippen LogP contribution in [0, 0.1) is 5.92 Å². The standard InChI is InChI=1S/C10H18F3NO/c11-10(12,13)15-8-7-14-6-5-9-3-1-2-4-9/h9,14H,1-8H2. The summed E-state index contributed by atoms with van der Waals surface area (Å²) in [6.45, 7) is 0.770. The van der Waals surface area contributed by atoms with Gasteiger partial charge in [0.1, 0.15) is 0 Å². The minimum absolute atomic E-state index is 0.270. The highest BCUT2D eigenvalue weighted by molar-refractivity contribution is 4.67. The Morgan fingerprint density at radius 2 is 1.80 bits per heavy atom. The van der Waals surface area contributed by atoms with Gasteiger partial charge in [-0.05, 0) is 18.9 Å². The molecule has 1 saturated carbocycles. The van der Waals surface area contributed by atoms with Crippen LogP contribution in [0.5, 0.6) is 0 Å². The molecule has 0 radical (unpaired) electrons. The van der Waals surface area contributed by atoms with Crippen LogP contribution in [-0.4, -0.2) is 26.1 Å². The maximum Gasteiger partial charge on any atom is 0.522 e. The fourth-order valence-electron chi connectivity index (χ4n) is 1.97. The number of hydrogen-bond acceptors (Lipinski definition) is 2. The van der Waals surface area contributed by atoms with Gasteiger partial charge >= 0.3 is 6.36 Å². The van der Waals surface area contributed by atoms with Crippen LogP contribution < -0.4 is 5.32 Å². The first-order valence-electron chi connectivity index (χ1n) is 5.49. The van der Waals surface area contributed by atoms with E-state index in [0.29, 0.717) is 0 Å². The Morgan fingerprint density at radius 3 is 2.40 bits per heavy atom. The van der Waals surface area contributed by atoms with E-state index in [1.807, 2.05) is 0 Å². The Labute approximate surface area is 88.2 Å². The van der Waals surface area contributed by atoms with Gasteiger partial charge in [0.25, 0.3) is 0 Å². The first-order chi connectivity index (χ1) is 7.08. The van der Waals surface area contributed by atoms with Gasteiger partial charge in [0, 0.05) is 6.54 Å². The summed E-state index contributed by atoms with van der Waals surface area (Å²) in [6, 6.07) is 0. The maximum absolute atomic E-state index is 11.6. The second kappa shape index (κ2) is 6.33. The number of alkyl halides is 3. The second-order valence-electron chi connectivity index (χ2n) is 3.98. The van der Waals surface area contributed by atoms with E-state index in [1.165, 1.54) is 25.7 Å². The molecule has 0 aromatic heterocycles. The minimum atomic E-state index is -4.49. The summed E-state index contributed by atoms with van der Waals surface area (Å²) in [6.07, 6.45) is 1.75. The summed E-state index contributed by atoms with van der Waals surface area (Å²) in [5, 5.41) is 2.96. The molecule has 0 atom stereocenters. The molecule has 0 heterocycles. The van der Waals surface area contributed by atoms with Gasteiger partial charge in [-0.15, -0.1) is 13.2 Å². The van der Waals surface area contributed by atoms with E-state index in [1.54, 1.807) is 0 Å². The smallest absolute Gasteiger partial charge is 0.314 e. The van der Waals surface area contributed by atoms with Crippen molar-refractivity contribution in [2.45, 2.75) is 38.5 Å². The van der Waals surface area contributed by atoms with Crippen LogP contribution >= 0.6 is 0 Å². The first-order valence-corrected chi connectivity index (χ1v) is 5.49. The van der Waals surface area contributed by atoms with Crippen molar-refractivity contribution in [2.24, 2.45) is 5.92 Å². The Kier molecular flexibility index (Phi) is 5.39. The lowest BCUT2D eigenvalue weighted by atomic mass is 10.0. The molecule has 90 valence electrons. The van der Waals surface area contributed by atoms with Gasteiger partial charge < -0.3 is 5.32 Å². The van der Waals surface area contributed by atoms with Crippen molar-refractivity contribution in [3.63, 3.8) is 0 Å². The summed E-state index contributed by atoms with van der Waals surface area (Å²) in [7, 11) is 0. The molecule has 1 aliphatic rings. The SMILES string of the molecule is FC(F)(F)OCCNCCC1CCCC1. The van der Waals surface area contributed by atoms with Crippen LogP contribution in [0.4, 0.5) is 13.2 Å². The zero-order valence-electron chi connectivity index (χ0n) is 8.78. The third-order valence-electron chi connectivity index (χ3n) is 2.75. The van der Waals surface area contributed by atoms with Crippen molar-refractivity contribution >= 4 is 0 Å². The molecule has 0 aromatic rings. The van der Waals surface area contributed by atoms with Crippen molar-refractivity contribution in [1.82, 2.24) is 5.32 Å². The van der Waals surface area contributed by atoms with Gasteiger partial charge in [-0.1, -0.05) is 25.7 Å². The van der Waals surface area contributed by atoms with Crippen molar-refractivity contribution < 1.29 is 17.9 Å². The Morgan fingerprint density at radius 1 is 1.13 bits per heavy atom. The van der Waals surface area contributed by atoms with Crippen LogP contribution in [0.25, 0.3) is 0 Å². The minimum Gasteiger partial charge on any atom is -0.314 e. The summed E-state index contributed by atoms with van der Waals surface area (Å²) >= 11 is 0. The molecule has 1 aliphatic carbocycles. The quantitative estimate of drug-likeness (QED) is 0.702. The van der Waals surface area contributed by atoms with Crippen LogP contribution in [-0.2, 0) is 4.74 Å². The average Bonchev–Trinajstić information content (AvgIpc) is 2.61. The van der Waals surface area contributed by atoms with E-state index in [0.717, 1.165) is 18.9 Å². The number of halogens is 3. The monoisotopic (exact) mass is 225 g/mol. The highest BCUT2D eigenvalue weighted by atomic mass is 19.4. The number of rotatable bonds is 6. The van der Waals surface area contributed by atoms with Gasteiger partial charge in [0.05, 0.1) is 6.61 Å². The summed E-state index contributed by atoms with van der Waals surface area (Å²) in [5.41, 5.74) is 0. The van der Waals surface area contributed by atoms with E-state index in [9.17, 15) is 13.2 Å². The number of hydrogen-bond donors (Lipinski definition) is 1. The molecule has 0 saturated heterocycles. The molecule has 0 aromatic carbocycles. The van der Waals surface area contributed by atoms with Crippen LogP contribution in [0.1, 0.15) is 32.1 Å². The molecule has 0 amide bonds. The second-order valence-corrected chi connectivity index (χ2v) is 3.98. The third kappa shape index (κ3) is 6.73. The number of nitrogens with one attached hydrogen (secondary N) is 1. The highest BCUT2D eigenvalue weighted by Gasteiger charge is 2.28. The molecule has 0 aliphatic heterocycles. The van der Waals surface area contributed by atoms with Crippen LogP contribution in [0.2, 0.25) is 0 Å². The maximum atomic E-state index is 11.6. The fourth-order valence-corrected chi connectivity index (χ4v) is 1.97. The van der Waals surface area contributed by atoms with E-state index in [2.05, 4.69) is 10.1 Å². The predicted molar refractivity (Wildman–Crippen MR) is 51.5 cm³/mol. The summed E-state index contributed by atoms with van der Waals surface area (Å²) in [5.74, 6) is 0.779. The molecule has 2 nitrogen and oxygen atoms in total. The average molecular weight is 225 g/mol. The van der Waals surface area contributed by atoms with Crippen molar-refractivity contribution in [2.75, 3.05) is 19.7 Å². The molecule has 0 bridgehead atoms. The van der Waals surface area contributed by atoms with E-state index >= 15 is 0 Å². The Hall–Kier alpha value is -0.290. The van der Waals surface area contributed by atoms with Crippen LogP contribution in [0.15, 0.2) is 0 Å². The van der Waals surface area contributed by atoms with E-state index < -0.39 is 6.36 Å². The normalized spacial score (nSPS) is 18.6. The number of ether oxygens (including phenoxy) is 1. The van der Waals surface area contributed by atoms with Crippen LogP contribution in [0.3, 0.4) is 0 Å². The molecule has 5 heteroatoms. The van der Waals surface area contributed by atoms with E-state index in [4.69, 9.17) is 0 Å². The molecule has 0 spiro atoms. The van der Waals surface area contributed by atoms with Crippen molar-refractivity contribution in [1.29, 1.82) is 0 Å².